The summed E-state index contributed by atoms with van der Waals surface area (Å²) in [5.41, 5.74) is 0.233. The first-order chi connectivity index (χ1) is 12.6. The van der Waals surface area contributed by atoms with Gasteiger partial charge in [-0.2, -0.15) is 0 Å². The maximum absolute atomic E-state index is 12.5. The Bertz CT molecular complexity index is 655. The highest BCUT2D eigenvalue weighted by atomic mass is 16.6. The van der Waals surface area contributed by atoms with Gasteiger partial charge in [0.1, 0.15) is 24.0 Å². The first kappa shape index (κ1) is 21.0. The second kappa shape index (κ2) is 8.58. The smallest absolute Gasteiger partial charge is 0.408 e. The Labute approximate surface area is 159 Å². The van der Waals surface area contributed by atoms with Crippen LogP contribution in [-0.4, -0.2) is 71.2 Å². The van der Waals surface area contributed by atoms with Crippen molar-refractivity contribution in [3.05, 3.63) is 29.8 Å². The van der Waals surface area contributed by atoms with Crippen LogP contribution in [0.3, 0.4) is 0 Å². The van der Waals surface area contributed by atoms with E-state index < -0.39 is 35.9 Å². The summed E-state index contributed by atoms with van der Waals surface area (Å²) in [6.45, 7) is 4.93. The number of aliphatic hydroxyl groups is 2. The van der Waals surface area contributed by atoms with Crippen LogP contribution >= 0.6 is 0 Å². The molecule has 150 valence electrons. The van der Waals surface area contributed by atoms with Crippen LogP contribution in [0.2, 0.25) is 0 Å². The quantitative estimate of drug-likeness (QED) is 0.694. The predicted octanol–water partition coefficient (Wildman–Crippen LogP) is 0.695. The van der Waals surface area contributed by atoms with E-state index in [0.717, 1.165) is 5.56 Å². The van der Waals surface area contributed by atoms with E-state index in [2.05, 4.69) is 5.32 Å². The highest BCUT2D eigenvalue weighted by Crippen LogP contribution is 2.23. The number of benzene rings is 1. The highest BCUT2D eigenvalue weighted by Gasteiger charge is 2.42. The van der Waals surface area contributed by atoms with E-state index in [4.69, 9.17) is 9.47 Å². The molecular formula is C19H28N2O6. The lowest BCUT2D eigenvalue weighted by atomic mass is 10.0. The van der Waals surface area contributed by atoms with Crippen LogP contribution in [0, 0.1) is 0 Å². The summed E-state index contributed by atoms with van der Waals surface area (Å²) in [6.07, 6.45) is -2.40. The first-order valence-corrected chi connectivity index (χ1v) is 8.86. The van der Waals surface area contributed by atoms with E-state index in [1.807, 2.05) is 12.1 Å². The van der Waals surface area contributed by atoms with E-state index in [9.17, 15) is 19.8 Å². The number of hydrogen-bond donors (Lipinski definition) is 3. The molecule has 0 unspecified atom stereocenters. The normalized spacial score (nSPS) is 22.4. The molecule has 2 rings (SSSR count). The van der Waals surface area contributed by atoms with E-state index in [1.54, 1.807) is 40.0 Å². The number of carbonyl (C=O) groups excluding carboxylic acids is 2. The Hall–Kier alpha value is -2.32. The van der Waals surface area contributed by atoms with Gasteiger partial charge in [-0.25, -0.2) is 4.79 Å². The number of hydrogen-bond acceptors (Lipinski definition) is 6. The second-order valence-electron chi connectivity index (χ2n) is 7.58. The van der Waals surface area contributed by atoms with Gasteiger partial charge in [-0.1, -0.05) is 12.1 Å². The summed E-state index contributed by atoms with van der Waals surface area (Å²) < 4.78 is 10.2. The molecule has 1 aromatic carbocycles. The lowest BCUT2D eigenvalue weighted by molar-refractivity contribution is -0.132. The van der Waals surface area contributed by atoms with Crippen LogP contribution in [0.25, 0.3) is 0 Å². The van der Waals surface area contributed by atoms with Crippen LogP contribution in [-0.2, 0) is 16.0 Å². The molecule has 0 saturated carbocycles. The van der Waals surface area contributed by atoms with E-state index in [0.29, 0.717) is 12.2 Å². The summed E-state index contributed by atoms with van der Waals surface area (Å²) in [5, 5.41) is 22.7. The first-order valence-electron chi connectivity index (χ1n) is 8.86. The van der Waals surface area contributed by atoms with Crippen LogP contribution in [0.4, 0.5) is 4.79 Å². The minimum absolute atomic E-state index is 0.0107. The van der Waals surface area contributed by atoms with Gasteiger partial charge in [-0.15, -0.1) is 0 Å². The largest absolute Gasteiger partial charge is 0.497 e. The zero-order chi connectivity index (χ0) is 20.2. The third-order valence-electron chi connectivity index (χ3n) is 4.28. The molecule has 2 amide bonds. The third kappa shape index (κ3) is 5.83. The Balaban J connectivity index is 2.00. The number of ether oxygens (including phenoxy) is 2. The topological polar surface area (TPSA) is 108 Å². The van der Waals surface area contributed by atoms with Crippen LogP contribution in [0.15, 0.2) is 24.3 Å². The molecule has 1 aromatic rings. The Morgan fingerprint density at radius 1 is 1.22 bits per heavy atom. The van der Waals surface area contributed by atoms with Crippen molar-refractivity contribution < 1.29 is 29.3 Å². The van der Waals surface area contributed by atoms with Gasteiger partial charge in [0.05, 0.1) is 19.3 Å². The minimum atomic E-state index is -1.06. The molecule has 3 atom stereocenters. The molecule has 1 aliphatic rings. The molecule has 1 aliphatic heterocycles. The van der Waals surface area contributed by atoms with Gasteiger partial charge in [0.25, 0.3) is 0 Å². The van der Waals surface area contributed by atoms with Crippen molar-refractivity contribution in [1.29, 1.82) is 0 Å². The molecule has 1 heterocycles. The van der Waals surface area contributed by atoms with E-state index in [-0.39, 0.29) is 13.1 Å². The van der Waals surface area contributed by atoms with Gasteiger partial charge < -0.3 is 29.9 Å². The Morgan fingerprint density at radius 3 is 2.41 bits per heavy atom. The van der Waals surface area contributed by atoms with Crippen molar-refractivity contribution in [3.8, 4) is 5.75 Å². The standard InChI is InChI=1S/C19H28N2O6/c1-19(2,3)27-18(25)20-10-16(23)21-11-15(22)17(24)14(21)9-12-5-7-13(26-4)8-6-12/h5-8,14-15,17,22,24H,9-11H2,1-4H3,(H,20,25)/t14-,15+,17+/m1/s1. The molecule has 0 radical (unpaired) electrons. The minimum Gasteiger partial charge on any atom is -0.497 e. The van der Waals surface area contributed by atoms with Crippen molar-refractivity contribution in [1.82, 2.24) is 10.2 Å². The van der Waals surface area contributed by atoms with Crippen molar-refractivity contribution in [2.24, 2.45) is 0 Å². The number of rotatable bonds is 5. The third-order valence-corrected chi connectivity index (χ3v) is 4.28. The molecule has 0 spiro atoms. The molecule has 1 fully saturated rings. The van der Waals surface area contributed by atoms with E-state index in [1.165, 1.54) is 4.90 Å². The fourth-order valence-corrected chi connectivity index (χ4v) is 2.97. The van der Waals surface area contributed by atoms with Gasteiger partial charge in [-0.05, 0) is 44.9 Å². The van der Waals surface area contributed by atoms with Gasteiger partial charge in [0, 0.05) is 6.54 Å². The molecule has 1 saturated heterocycles. The number of alkyl carbamates (subject to hydrolysis) is 1. The predicted molar refractivity (Wildman–Crippen MR) is 98.4 cm³/mol. The number of aliphatic hydroxyl groups excluding tert-OH is 2. The van der Waals surface area contributed by atoms with Crippen LogP contribution in [0.5, 0.6) is 5.75 Å². The van der Waals surface area contributed by atoms with Crippen LogP contribution in [0.1, 0.15) is 26.3 Å². The maximum Gasteiger partial charge on any atom is 0.408 e. The van der Waals surface area contributed by atoms with Crippen molar-refractivity contribution in [3.63, 3.8) is 0 Å². The Morgan fingerprint density at radius 2 is 1.85 bits per heavy atom. The second-order valence-corrected chi connectivity index (χ2v) is 7.58. The number of amides is 2. The highest BCUT2D eigenvalue weighted by molar-refractivity contribution is 5.83. The van der Waals surface area contributed by atoms with Crippen molar-refractivity contribution in [2.75, 3.05) is 20.2 Å². The van der Waals surface area contributed by atoms with Crippen LogP contribution < -0.4 is 10.1 Å². The number of β-amino-alcohol motifs (C(OH)–C–C–N with tert-alkyl or cyclic N) is 1. The average molecular weight is 380 g/mol. The number of methoxy groups -OCH3 is 1. The fourth-order valence-electron chi connectivity index (χ4n) is 2.97. The van der Waals surface area contributed by atoms with E-state index >= 15 is 0 Å². The Kier molecular flexibility index (Phi) is 6.67. The molecule has 0 bridgehead atoms. The molecule has 0 aliphatic carbocycles. The summed E-state index contributed by atoms with van der Waals surface area (Å²) in [6, 6.07) is 6.70. The lowest BCUT2D eigenvalue weighted by Crippen LogP contribution is -2.46. The molecule has 8 nitrogen and oxygen atoms in total. The summed E-state index contributed by atoms with van der Waals surface area (Å²) in [7, 11) is 1.57. The fraction of sp³-hybridized carbons (Fsp3) is 0.579. The lowest BCUT2D eigenvalue weighted by Gasteiger charge is -2.26. The number of nitrogens with one attached hydrogen (secondary N) is 1. The zero-order valence-electron chi connectivity index (χ0n) is 16.1. The molecular weight excluding hydrogens is 352 g/mol. The average Bonchev–Trinajstić information content (AvgIpc) is 2.87. The monoisotopic (exact) mass is 380 g/mol. The summed E-state index contributed by atoms with van der Waals surface area (Å²) in [4.78, 5) is 25.6. The molecule has 3 N–H and O–H groups in total. The molecule has 0 aromatic heterocycles. The summed E-state index contributed by atoms with van der Waals surface area (Å²) >= 11 is 0. The van der Waals surface area contributed by atoms with Gasteiger partial charge in [0.15, 0.2) is 0 Å². The summed E-state index contributed by atoms with van der Waals surface area (Å²) in [5.74, 6) is 0.315. The van der Waals surface area contributed by atoms with Gasteiger partial charge in [-0.3, -0.25) is 4.79 Å². The van der Waals surface area contributed by atoms with Gasteiger partial charge >= 0.3 is 6.09 Å². The van der Waals surface area contributed by atoms with Crippen molar-refractivity contribution >= 4 is 12.0 Å². The molecule has 8 heteroatoms. The zero-order valence-corrected chi connectivity index (χ0v) is 16.1. The number of likely N-dealkylation sites (tertiary alicyclic amines) is 1. The number of carbonyl (C=O) groups is 2. The maximum atomic E-state index is 12.5. The SMILES string of the molecule is COc1ccc(C[C@@H]2[C@H](O)[C@@H](O)CN2C(=O)CNC(=O)OC(C)(C)C)cc1. The van der Waals surface area contributed by atoms with Gasteiger partial charge in [0.2, 0.25) is 5.91 Å². The molecule has 27 heavy (non-hydrogen) atoms. The number of nitrogens with zero attached hydrogens (tertiary/aromatic N) is 1. The van der Waals surface area contributed by atoms with Crippen molar-refractivity contribution in [2.45, 2.75) is 51.0 Å².